The summed E-state index contributed by atoms with van der Waals surface area (Å²) >= 11 is 1.30. The summed E-state index contributed by atoms with van der Waals surface area (Å²) in [6.07, 6.45) is 0. The van der Waals surface area contributed by atoms with Crippen molar-refractivity contribution in [3.05, 3.63) is 40.3 Å². The molecule has 0 saturated carbocycles. The molecule has 136 valence electrons. The average molecular weight is 374 g/mol. The van der Waals surface area contributed by atoms with Crippen molar-refractivity contribution in [2.24, 2.45) is 0 Å². The number of para-hydroxylation sites is 2. The highest BCUT2D eigenvalue weighted by atomic mass is 32.1. The van der Waals surface area contributed by atoms with Gasteiger partial charge < -0.3 is 14.8 Å². The Hall–Kier alpha value is -2.87. The van der Waals surface area contributed by atoms with Crippen LogP contribution in [0.25, 0.3) is 0 Å². The number of aryl methyl sites for hydroxylation is 1. The highest BCUT2D eigenvalue weighted by molar-refractivity contribution is 7.16. The van der Waals surface area contributed by atoms with Crippen molar-refractivity contribution in [3.8, 4) is 5.75 Å². The van der Waals surface area contributed by atoms with E-state index in [9.17, 15) is 14.4 Å². The van der Waals surface area contributed by atoms with Crippen LogP contribution in [0.15, 0.2) is 24.3 Å². The standard InChI is InChI=1S/C18H18N2O5S/c1-10-11(2)26-17(16(10)18(23)24-3)19-14(21)8-20-12-6-4-5-7-13(12)25-9-15(20)22/h4-7H,8-9H2,1-3H3,(H,19,21). The van der Waals surface area contributed by atoms with Gasteiger partial charge in [0.1, 0.15) is 17.3 Å². The van der Waals surface area contributed by atoms with E-state index in [2.05, 4.69) is 5.32 Å². The average Bonchev–Trinajstić information content (AvgIpc) is 2.90. The van der Waals surface area contributed by atoms with Crippen molar-refractivity contribution in [2.75, 3.05) is 30.5 Å². The largest absolute Gasteiger partial charge is 0.482 e. The second-order valence-electron chi connectivity index (χ2n) is 5.76. The van der Waals surface area contributed by atoms with Gasteiger partial charge in [-0.3, -0.25) is 14.5 Å². The van der Waals surface area contributed by atoms with Crippen molar-refractivity contribution in [1.82, 2.24) is 0 Å². The van der Waals surface area contributed by atoms with Gasteiger partial charge in [0, 0.05) is 4.88 Å². The lowest BCUT2D eigenvalue weighted by Crippen LogP contribution is -2.43. The van der Waals surface area contributed by atoms with E-state index in [4.69, 9.17) is 9.47 Å². The SMILES string of the molecule is COC(=O)c1c(NC(=O)CN2C(=O)COc3ccccc32)sc(C)c1C. The Bertz CT molecular complexity index is 890. The van der Waals surface area contributed by atoms with Gasteiger partial charge in [-0.05, 0) is 31.5 Å². The fourth-order valence-electron chi connectivity index (χ4n) is 2.70. The predicted molar refractivity (Wildman–Crippen MR) is 98.1 cm³/mol. The molecule has 0 aliphatic carbocycles. The Morgan fingerprint density at radius 3 is 2.77 bits per heavy atom. The fourth-order valence-corrected chi connectivity index (χ4v) is 3.76. The number of methoxy groups -OCH3 is 1. The van der Waals surface area contributed by atoms with Gasteiger partial charge in [-0.25, -0.2) is 4.79 Å². The van der Waals surface area contributed by atoms with Crippen LogP contribution >= 0.6 is 11.3 Å². The molecule has 26 heavy (non-hydrogen) atoms. The molecule has 1 aliphatic rings. The van der Waals surface area contributed by atoms with E-state index in [0.717, 1.165) is 10.4 Å². The molecule has 1 aromatic carbocycles. The van der Waals surface area contributed by atoms with Gasteiger partial charge in [0.15, 0.2) is 6.61 Å². The van der Waals surface area contributed by atoms with Crippen LogP contribution in [0, 0.1) is 13.8 Å². The van der Waals surface area contributed by atoms with E-state index in [-0.39, 0.29) is 19.1 Å². The molecule has 2 aromatic rings. The van der Waals surface area contributed by atoms with E-state index in [0.29, 0.717) is 22.0 Å². The van der Waals surface area contributed by atoms with Gasteiger partial charge in [-0.15, -0.1) is 11.3 Å². The molecule has 8 heteroatoms. The quantitative estimate of drug-likeness (QED) is 0.831. The Morgan fingerprint density at radius 2 is 2.04 bits per heavy atom. The zero-order chi connectivity index (χ0) is 18.8. The molecule has 0 bridgehead atoms. The van der Waals surface area contributed by atoms with Crippen molar-refractivity contribution < 1.29 is 23.9 Å². The molecule has 2 heterocycles. The number of rotatable bonds is 4. The molecule has 0 unspecified atom stereocenters. The summed E-state index contributed by atoms with van der Waals surface area (Å²) < 4.78 is 10.2. The zero-order valence-electron chi connectivity index (χ0n) is 14.6. The summed E-state index contributed by atoms with van der Waals surface area (Å²) in [4.78, 5) is 39.0. The van der Waals surface area contributed by atoms with E-state index >= 15 is 0 Å². The Balaban J connectivity index is 1.81. The molecular formula is C18H18N2O5S. The second kappa shape index (κ2) is 7.17. The third-order valence-corrected chi connectivity index (χ3v) is 5.26. The van der Waals surface area contributed by atoms with E-state index in [1.807, 2.05) is 6.92 Å². The number of hydrogen-bond donors (Lipinski definition) is 1. The fraction of sp³-hybridized carbons (Fsp3) is 0.278. The van der Waals surface area contributed by atoms with Crippen LogP contribution in [-0.4, -0.2) is 38.0 Å². The van der Waals surface area contributed by atoms with Crippen molar-refractivity contribution in [2.45, 2.75) is 13.8 Å². The third kappa shape index (κ3) is 3.28. The van der Waals surface area contributed by atoms with Gasteiger partial charge in [-0.1, -0.05) is 12.1 Å². The maximum Gasteiger partial charge on any atom is 0.341 e. The van der Waals surface area contributed by atoms with Gasteiger partial charge in [0.05, 0.1) is 18.4 Å². The van der Waals surface area contributed by atoms with Crippen LogP contribution in [-0.2, 0) is 14.3 Å². The van der Waals surface area contributed by atoms with Crippen molar-refractivity contribution in [1.29, 1.82) is 0 Å². The summed E-state index contributed by atoms with van der Waals surface area (Å²) in [5.74, 6) is -0.653. The van der Waals surface area contributed by atoms with E-state index in [1.54, 1.807) is 31.2 Å². The second-order valence-corrected chi connectivity index (χ2v) is 6.99. The molecule has 1 N–H and O–H groups in total. The van der Waals surface area contributed by atoms with Crippen LogP contribution in [0.3, 0.4) is 0 Å². The molecule has 7 nitrogen and oxygen atoms in total. The van der Waals surface area contributed by atoms with Gasteiger partial charge in [0.2, 0.25) is 5.91 Å². The van der Waals surface area contributed by atoms with Crippen LogP contribution in [0.5, 0.6) is 5.75 Å². The molecule has 0 spiro atoms. The number of carbonyl (C=O) groups is 3. The number of amides is 2. The van der Waals surface area contributed by atoms with Crippen LogP contribution in [0.1, 0.15) is 20.8 Å². The first kappa shape index (κ1) is 17.9. The zero-order valence-corrected chi connectivity index (χ0v) is 15.4. The molecular weight excluding hydrogens is 356 g/mol. The maximum atomic E-state index is 12.5. The first-order valence-corrected chi connectivity index (χ1v) is 8.74. The summed E-state index contributed by atoms with van der Waals surface area (Å²) in [6, 6.07) is 7.03. The number of benzene rings is 1. The molecule has 2 amide bonds. The number of esters is 1. The van der Waals surface area contributed by atoms with Crippen LogP contribution < -0.4 is 15.0 Å². The van der Waals surface area contributed by atoms with E-state index < -0.39 is 11.9 Å². The first-order chi connectivity index (χ1) is 12.4. The summed E-state index contributed by atoms with van der Waals surface area (Å²) in [6.45, 7) is 3.38. The number of fused-ring (bicyclic) bond motifs is 1. The predicted octanol–water partition coefficient (Wildman–Crippen LogP) is 2.52. The van der Waals surface area contributed by atoms with Crippen molar-refractivity contribution in [3.63, 3.8) is 0 Å². The summed E-state index contributed by atoms with van der Waals surface area (Å²) in [5.41, 5.74) is 1.66. The van der Waals surface area contributed by atoms with Gasteiger partial charge in [0.25, 0.3) is 5.91 Å². The Labute approximate surface area is 154 Å². The highest BCUT2D eigenvalue weighted by Gasteiger charge is 2.28. The smallest absolute Gasteiger partial charge is 0.341 e. The van der Waals surface area contributed by atoms with E-state index in [1.165, 1.54) is 23.3 Å². The minimum atomic E-state index is -0.505. The number of nitrogens with zero attached hydrogens (tertiary/aromatic N) is 1. The highest BCUT2D eigenvalue weighted by Crippen LogP contribution is 2.34. The van der Waals surface area contributed by atoms with Crippen LogP contribution in [0.4, 0.5) is 10.7 Å². The Kier molecular flexibility index (Phi) is 4.94. The molecule has 1 aliphatic heterocycles. The lowest BCUT2D eigenvalue weighted by atomic mass is 10.1. The number of carbonyl (C=O) groups excluding carboxylic acids is 3. The molecule has 0 radical (unpaired) electrons. The molecule has 1 aromatic heterocycles. The Morgan fingerprint density at radius 1 is 1.31 bits per heavy atom. The number of nitrogens with one attached hydrogen (secondary N) is 1. The molecule has 0 saturated heterocycles. The summed E-state index contributed by atoms with van der Waals surface area (Å²) in [7, 11) is 1.30. The lowest BCUT2D eigenvalue weighted by Gasteiger charge is -2.28. The molecule has 0 fully saturated rings. The number of hydrogen-bond acceptors (Lipinski definition) is 6. The van der Waals surface area contributed by atoms with Crippen molar-refractivity contribution >= 4 is 39.8 Å². The monoisotopic (exact) mass is 374 g/mol. The molecule has 0 atom stereocenters. The lowest BCUT2D eigenvalue weighted by molar-refractivity contribution is -0.123. The number of thiophene rings is 1. The maximum absolute atomic E-state index is 12.5. The third-order valence-electron chi connectivity index (χ3n) is 4.14. The van der Waals surface area contributed by atoms with Crippen LogP contribution in [0.2, 0.25) is 0 Å². The normalized spacial score (nSPS) is 13.0. The topological polar surface area (TPSA) is 84.9 Å². The minimum Gasteiger partial charge on any atom is -0.482 e. The number of anilines is 2. The minimum absolute atomic E-state index is 0.116. The summed E-state index contributed by atoms with van der Waals surface area (Å²) in [5, 5.41) is 3.15. The number of ether oxygens (including phenoxy) is 2. The molecule has 3 rings (SSSR count). The van der Waals surface area contributed by atoms with Gasteiger partial charge >= 0.3 is 5.97 Å². The first-order valence-electron chi connectivity index (χ1n) is 7.92. The van der Waals surface area contributed by atoms with Gasteiger partial charge in [-0.2, -0.15) is 0 Å².